The minimum absolute atomic E-state index is 0.405. The highest BCUT2D eigenvalue weighted by atomic mass is 15.1. The highest BCUT2D eigenvalue weighted by molar-refractivity contribution is 5.09. The summed E-state index contributed by atoms with van der Waals surface area (Å²) in [4.78, 5) is 0. The minimum atomic E-state index is 0.405. The average Bonchev–Trinajstić information content (AvgIpc) is 2.02. The number of fused-ring (bicyclic) bond motifs is 2. The summed E-state index contributed by atoms with van der Waals surface area (Å²) < 4.78 is 0. The maximum atomic E-state index is 3.88. The molecule has 13 heavy (non-hydrogen) atoms. The standard InChI is InChI=1S/C12H22N/c1-11(2,3)12-8-4-6-10(13-12)7-5-9-12/h4,10,13H,5-9H2,1-3H3. The summed E-state index contributed by atoms with van der Waals surface area (Å²) >= 11 is 0. The molecule has 2 fully saturated rings. The van der Waals surface area contributed by atoms with Crippen molar-refractivity contribution in [1.82, 2.24) is 5.32 Å². The van der Waals surface area contributed by atoms with Crippen LogP contribution in [-0.4, -0.2) is 11.6 Å². The van der Waals surface area contributed by atoms with Crippen molar-refractivity contribution in [3.05, 3.63) is 6.42 Å². The van der Waals surface area contributed by atoms with E-state index in [1.807, 2.05) is 0 Å². The normalized spacial score (nSPS) is 40.4. The van der Waals surface area contributed by atoms with Crippen LogP contribution in [-0.2, 0) is 0 Å². The van der Waals surface area contributed by atoms with Crippen LogP contribution in [0.15, 0.2) is 0 Å². The van der Waals surface area contributed by atoms with Crippen LogP contribution in [0, 0.1) is 11.8 Å². The summed E-state index contributed by atoms with van der Waals surface area (Å²) in [6.07, 6.45) is 9.23. The molecule has 1 N–H and O–H groups in total. The quantitative estimate of drug-likeness (QED) is 0.604. The second-order valence-corrected chi connectivity index (χ2v) is 5.79. The molecular weight excluding hydrogens is 158 g/mol. The van der Waals surface area contributed by atoms with E-state index in [9.17, 15) is 0 Å². The first-order valence-corrected chi connectivity index (χ1v) is 5.63. The van der Waals surface area contributed by atoms with Gasteiger partial charge in [-0.15, -0.1) is 0 Å². The molecule has 0 aromatic rings. The topological polar surface area (TPSA) is 12.0 Å². The van der Waals surface area contributed by atoms with Crippen molar-refractivity contribution >= 4 is 0 Å². The monoisotopic (exact) mass is 180 g/mol. The fourth-order valence-corrected chi connectivity index (χ4v) is 2.95. The smallest absolute Gasteiger partial charge is 0.0235 e. The van der Waals surface area contributed by atoms with E-state index in [-0.39, 0.29) is 0 Å². The van der Waals surface area contributed by atoms with Crippen LogP contribution in [0.25, 0.3) is 0 Å². The molecule has 2 rings (SSSR count). The van der Waals surface area contributed by atoms with Gasteiger partial charge in [-0.1, -0.05) is 27.2 Å². The van der Waals surface area contributed by atoms with Gasteiger partial charge in [0, 0.05) is 11.6 Å². The fraction of sp³-hybridized carbons (Fsp3) is 0.917. The molecule has 2 atom stereocenters. The Morgan fingerprint density at radius 1 is 1.38 bits per heavy atom. The summed E-state index contributed by atoms with van der Waals surface area (Å²) in [5.74, 6) is 0. The zero-order chi connectivity index (χ0) is 9.53. The molecule has 2 saturated heterocycles. The Morgan fingerprint density at radius 2 is 2.15 bits per heavy atom. The van der Waals surface area contributed by atoms with E-state index in [1.54, 1.807) is 0 Å². The third kappa shape index (κ3) is 1.52. The van der Waals surface area contributed by atoms with Crippen molar-refractivity contribution in [3.8, 4) is 0 Å². The first-order chi connectivity index (χ1) is 6.04. The first kappa shape index (κ1) is 9.51. The minimum Gasteiger partial charge on any atom is -0.308 e. The molecule has 1 nitrogen and oxygen atoms in total. The summed E-state index contributed by atoms with van der Waals surface area (Å²) in [6.45, 7) is 7.13. The molecule has 2 aliphatic rings. The Kier molecular flexibility index (Phi) is 2.18. The summed E-state index contributed by atoms with van der Waals surface area (Å²) in [5, 5.41) is 3.88. The average molecular weight is 180 g/mol. The Hall–Kier alpha value is -0.0400. The lowest BCUT2D eigenvalue weighted by molar-refractivity contribution is 0.0575. The molecule has 2 bridgehead atoms. The van der Waals surface area contributed by atoms with Crippen molar-refractivity contribution in [2.24, 2.45) is 5.41 Å². The molecule has 0 spiro atoms. The van der Waals surface area contributed by atoms with Crippen molar-refractivity contribution in [2.45, 2.75) is 64.5 Å². The van der Waals surface area contributed by atoms with Gasteiger partial charge in [0.25, 0.3) is 0 Å². The maximum Gasteiger partial charge on any atom is 0.0235 e. The molecule has 0 aromatic heterocycles. The van der Waals surface area contributed by atoms with Crippen LogP contribution >= 0.6 is 0 Å². The molecule has 2 heterocycles. The number of rotatable bonds is 0. The number of nitrogens with one attached hydrogen (secondary N) is 1. The summed E-state index contributed by atoms with van der Waals surface area (Å²) in [6, 6.07) is 0.779. The Balaban J connectivity index is 2.19. The van der Waals surface area contributed by atoms with E-state index in [0.29, 0.717) is 11.0 Å². The molecule has 0 saturated carbocycles. The molecule has 1 radical (unpaired) electrons. The zero-order valence-electron chi connectivity index (χ0n) is 9.19. The van der Waals surface area contributed by atoms with Gasteiger partial charge in [0.2, 0.25) is 0 Å². The van der Waals surface area contributed by atoms with Gasteiger partial charge in [-0.05, 0) is 37.5 Å². The van der Waals surface area contributed by atoms with E-state index in [2.05, 4.69) is 32.5 Å². The Bertz CT molecular complexity index is 180. The Labute approximate surface area is 82.3 Å². The van der Waals surface area contributed by atoms with Crippen molar-refractivity contribution in [1.29, 1.82) is 0 Å². The molecule has 2 unspecified atom stereocenters. The van der Waals surface area contributed by atoms with Gasteiger partial charge in [0.15, 0.2) is 0 Å². The molecule has 0 aliphatic carbocycles. The lowest BCUT2D eigenvalue weighted by Gasteiger charge is -2.54. The van der Waals surface area contributed by atoms with Gasteiger partial charge in [-0.25, -0.2) is 0 Å². The lowest BCUT2D eigenvalue weighted by Crippen LogP contribution is -2.63. The molecule has 0 amide bonds. The van der Waals surface area contributed by atoms with Gasteiger partial charge in [-0.3, -0.25) is 0 Å². The zero-order valence-corrected chi connectivity index (χ0v) is 9.19. The first-order valence-electron chi connectivity index (χ1n) is 5.63. The highest BCUT2D eigenvalue weighted by Gasteiger charge is 2.46. The molecule has 2 aliphatic heterocycles. The number of hydrogen-bond donors (Lipinski definition) is 1. The number of hydrogen-bond acceptors (Lipinski definition) is 1. The predicted octanol–water partition coefficient (Wildman–Crippen LogP) is 2.91. The van der Waals surface area contributed by atoms with Gasteiger partial charge in [-0.2, -0.15) is 0 Å². The van der Waals surface area contributed by atoms with E-state index >= 15 is 0 Å². The summed E-state index contributed by atoms with van der Waals surface area (Å²) in [7, 11) is 0. The van der Waals surface area contributed by atoms with Crippen LogP contribution in [0.1, 0.15) is 52.9 Å². The second-order valence-electron chi connectivity index (χ2n) is 5.79. The van der Waals surface area contributed by atoms with E-state index in [0.717, 1.165) is 6.04 Å². The van der Waals surface area contributed by atoms with E-state index < -0.39 is 0 Å². The fourth-order valence-electron chi connectivity index (χ4n) is 2.95. The molecule has 0 aromatic carbocycles. The van der Waals surface area contributed by atoms with Crippen molar-refractivity contribution in [2.75, 3.05) is 0 Å². The molecule has 1 heteroatoms. The van der Waals surface area contributed by atoms with Crippen LogP contribution < -0.4 is 5.32 Å². The lowest BCUT2D eigenvalue weighted by atomic mass is 9.63. The van der Waals surface area contributed by atoms with Gasteiger partial charge in [0.1, 0.15) is 0 Å². The van der Waals surface area contributed by atoms with Gasteiger partial charge >= 0.3 is 0 Å². The largest absolute Gasteiger partial charge is 0.308 e. The van der Waals surface area contributed by atoms with Gasteiger partial charge < -0.3 is 5.32 Å². The Morgan fingerprint density at radius 3 is 2.77 bits per heavy atom. The molecule has 75 valence electrons. The maximum absolute atomic E-state index is 3.88. The van der Waals surface area contributed by atoms with Crippen LogP contribution in [0.5, 0.6) is 0 Å². The highest BCUT2D eigenvalue weighted by Crippen LogP contribution is 2.44. The van der Waals surface area contributed by atoms with Crippen LogP contribution in [0.2, 0.25) is 0 Å². The van der Waals surface area contributed by atoms with Gasteiger partial charge in [0.05, 0.1) is 0 Å². The van der Waals surface area contributed by atoms with E-state index in [4.69, 9.17) is 0 Å². The predicted molar refractivity (Wildman–Crippen MR) is 56.5 cm³/mol. The van der Waals surface area contributed by atoms with Crippen LogP contribution in [0.4, 0.5) is 0 Å². The second kappa shape index (κ2) is 2.98. The summed E-state index contributed by atoms with van der Waals surface area (Å²) in [5.41, 5.74) is 0.816. The third-order valence-electron chi connectivity index (χ3n) is 4.02. The SMILES string of the molecule is CC(C)(C)C12C[CH]CC(CCC1)N2. The molecular formula is C12H22N. The van der Waals surface area contributed by atoms with Crippen molar-refractivity contribution in [3.63, 3.8) is 0 Å². The van der Waals surface area contributed by atoms with Crippen molar-refractivity contribution < 1.29 is 0 Å². The van der Waals surface area contributed by atoms with Crippen LogP contribution in [0.3, 0.4) is 0 Å². The number of piperidine rings is 2. The third-order valence-corrected chi connectivity index (χ3v) is 4.02. The van der Waals surface area contributed by atoms with E-state index in [1.165, 1.54) is 32.1 Å².